The Hall–Kier alpha value is -2.56. The van der Waals surface area contributed by atoms with Crippen molar-refractivity contribution in [1.82, 2.24) is 4.98 Å². The number of aryl methyl sites for hydroxylation is 1. The van der Waals surface area contributed by atoms with Crippen molar-refractivity contribution in [3.8, 4) is 0 Å². The number of rotatable bonds is 7. The minimum Gasteiger partial charge on any atom is -0.365 e. The molecule has 0 aromatic carbocycles. The maximum absolute atomic E-state index is 12.3. The van der Waals surface area contributed by atoms with Crippen molar-refractivity contribution in [3.05, 3.63) is 49.5 Å². The van der Waals surface area contributed by atoms with Crippen molar-refractivity contribution in [2.24, 2.45) is 5.73 Å². The molecular formula is C18H18N4O3S3. The zero-order chi connectivity index (χ0) is 20.3. The average Bonchev–Trinajstić information content (AvgIpc) is 3.31. The Morgan fingerprint density at radius 1 is 1.11 bits per heavy atom. The molecule has 3 rings (SSSR count). The molecule has 10 heteroatoms. The molecule has 4 N–H and O–H groups in total. The number of hydrogen-bond donors (Lipinski definition) is 3. The number of amides is 3. The smallest absolute Gasteiger partial charge is 0.251 e. The molecular weight excluding hydrogens is 416 g/mol. The number of nitrogens with zero attached hydrogens (tertiary/aromatic N) is 1. The first-order valence-corrected chi connectivity index (χ1v) is 10.9. The maximum Gasteiger partial charge on any atom is 0.251 e. The summed E-state index contributed by atoms with van der Waals surface area (Å²) in [5, 5.41) is 10.0. The van der Waals surface area contributed by atoms with E-state index in [1.165, 1.54) is 34.0 Å². The number of nitrogens with one attached hydrogen (secondary N) is 2. The molecule has 0 radical (unpaired) electrons. The lowest BCUT2D eigenvalue weighted by molar-refractivity contribution is -0.116. The van der Waals surface area contributed by atoms with Crippen LogP contribution in [0.15, 0.2) is 22.9 Å². The number of thiophene rings is 2. The zero-order valence-electron chi connectivity index (χ0n) is 15.2. The first-order chi connectivity index (χ1) is 13.3. The predicted molar refractivity (Wildman–Crippen MR) is 113 cm³/mol. The molecule has 0 aliphatic heterocycles. The van der Waals surface area contributed by atoms with Gasteiger partial charge < -0.3 is 16.4 Å². The Balaban J connectivity index is 1.59. The molecule has 3 aromatic heterocycles. The van der Waals surface area contributed by atoms with Gasteiger partial charge in [0.15, 0.2) is 5.13 Å². The average molecular weight is 435 g/mol. The predicted octanol–water partition coefficient (Wildman–Crippen LogP) is 3.34. The molecule has 28 heavy (non-hydrogen) atoms. The van der Waals surface area contributed by atoms with Crippen LogP contribution in [-0.4, -0.2) is 22.7 Å². The minimum absolute atomic E-state index is 0.0332. The third-order valence-corrected chi connectivity index (χ3v) is 6.74. The van der Waals surface area contributed by atoms with Crippen LogP contribution < -0.4 is 16.4 Å². The van der Waals surface area contributed by atoms with Gasteiger partial charge in [-0.05, 0) is 30.9 Å². The largest absolute Gasteiger partial charge is 0.365 e. The number of carbonyl (C=O) groups excluding carboxylic acids is 3. The fraction of sp³-hybridized carbons (Fsp3) is 0.222. The number of primary amides is 1. The highest BCUT2D eigenvalue weighted by Crippen LogP contribution is 2.32. The van der Waals surface area contributed by atoms with Crippen LogP contribution in [-0.2, 0) is 22.4 Å². The highest BCUT2D eigenvalue weighted by molar-refractivity contribution is 7.17. The summed E-state index contributed by atoms with van der Waals surface area (Å²) in [6.07, 6.45) is 0.325. The number of thiazole rings is 1. The highest BCUT2D eigenvalue weighted by atomic mass is 32.1. The van der Waals surface area contributed by atoms with Crippen LogP contribution in [0, 0.1) is 13.8 Å². The summed E-state index contributed by atoms with van der Waals surface area (Å²) < 4.78 is 0. The molecule has 0 saturated carbocycles. The Kier molecular flexibility index (Phi) is 6.22. The topological polar surface area (TPSA) is 114 Å². The van der Waals surface area contributed by atoms with E-state index in [-0.39, 0.29) is 18.2 Å². The van der Waals surface area contributed by atoms with Crippen LogP contribution in [0.3, 0.4) is 0 Å². The van der Waals surface area contributed by atoms with Gasteiger partial charge in [0.05, 0.1) is 24.1 Å². The summed E-state index contributed by atoms with van der Waals surface area (Å²) in [6.45, 7) is 3.67. The molecule has 3 amide bonds. The Morgan fingerprint density at radius 2 is 1.86 bits per heavy atom. The van der Waals surface area contributed by atoms with E-state index in [4.69, 9.17) is 5.73 Å². The normalized spacial score (nSPS) is 10.6. The van der Waals surface area contributed by atoms with Gasteiger partial charge in [0.25, 0.3) is 5.91 Å². The van der Waals surface area contributed by atoms with Crippen molar-refractivity contribution in [2.45, 2.75) is 26.7 Å². The molecule has 0 unspecified atom stereocenters. The summed E-state index contributed by atoms with van der Waals surface area (Å²) in [4.78, 5) is 42.2. The molecule has 3 aromatic rings. The molecule has 0 bridgehead atoms. The number of hydrogen-bond acceptors (Lipinski definition) is 7. The minimum atomic E-state index is -0.568. The molecule has 0 aliphatic carbocycles. The molecule has 0 saturated heterocycles. The van der Waals surface area contributed by atoms with Gasteiger partial charge in [0.1, 0.15) is 5.00 Å². The van der Waals surface area contributed by atoms with E-state index >= 15 is 0 Å². The van der Waals surface area contributed by atoms with Gasteiger partial charge in [0.2, 0.25) is 11.8 Å². The second-order valence-electron chi connectivity index (χ2n) is 6.02. The lowest BCUT2D eigenvalue weighted by Gasteiger charge is -2.04. The van der Waals surface area contributed by atoms with E-state index in [0.717, 1.165) is 15.3 Å². The van der Waals surface area contributed by atoms with Gasteiger partial charge in [0, 0.05) is 15.1 Å². The number of carbonyl (C=O) groups is 3. The fourth-order valence-corrected chi connectivity index (χ4v) is 5.04. The Labute approximate surface area is 173 Å². The molecule has 0 atom stereocenters. The monoisotopic (exact) mass is 434 g/mol. The van der Waals surface area contributed by atoms with Crippen molar-refractivity contribution < 1.29 is 14.4 Å². The SMILES string of the molecule is Cc1sc(NC(=O)Cc2csc(NC(=O)Cc3cccs3)n2)c(C(N)=O)c1C. The van der Waals surface area contributed by atoms with Crippen LogP contribution in [0.1, 0.15) is 31.4 Å². The van der Waals surface area contributed by atoms with Gasteiger partial charge in [-0.25, -0.2) is 4.98 Å². The van der Waals surface area contributed by atoms with Crippen molar-refractivity contribution in [2.75, 3.05) is 10.6 Å². The van der Waals surface area contributed by atoms with Crippen molar-refractivity contribution in [3.63, 3.8) is 0 Å². The van der Waals surface area contributed by atoms with Crippen LogP contribution in [0.5, 0.6) is 0 Å². The van der Waals surface area contributed by atoms with E-state index in [1.54, 1.807) is 12.3 Å². The van der Waals surface area contributed by atoms with Gasteiger partial charge in [-0.1, -0.05) is 6.07 Å². The van der Waals surface area contributed by atoms with Gasteiger partial charge in [-0.3, -0.25) is 14.4 Å². The third kappa shape index (κ3) is 4.83. The van der Waals surface area contributed by atoms with Crippen LogP contribution in [0.2, 0.25) is 0 Å². The zero-order valence-corrected chi connectivity index (χ0v) is 17.6. The summed E-state index contributed by atoms with van der Waals surface area (Å²) in [6, 6.07) is 3.80. The van der Waals surface area contributed by atoms with Gasteiger partial charge >= 0.3 is 0 Å². The van der Waals surface area contributed by atoms with Crippen LogP contribution in [0.4, 0.5) is 10.1 Å². The first-order valence-electron chi connectivity index (χ1n) is 8.29. The molecule has 146 valence electrons. The lowest BCUT2D eigenvalue weighted by atomic mass is 10.1. The van der Waals surface area contributed by atoms with E-state index < -0.39 is 5.91 Å². The molecule has 0 aliphatic rings. The molecule has 7 nitrogen and oxygen atoms in total. The van der Waals surface area contributed by atoms with E-state index in [1.807, 2.05) is 24.4 Å². The number of nitrogens with two attached hydrogens (primary N) is 1. The van der Waals surface area contributed by atoms with Crippen molar-refractivity contribution >= 4 is 61.9 Å². The van der Waals surface area contributed by atoms with Crippen LogP contribution >= 0.6 is 34.0 Å². The van der Waals surface area contributed by atoms with E-state index in [0.29, 0.717) is 27.8 Å². The molecule has 0 fully saturated rings. The van der Waals surface area contributed by atoms with E-state index in [2.05, 4.69) is 15.6 Å². The van der Waals surface area contributed by atoms with Crippen molar-refractivity contribution in [1.29, 1.82) is 0 Å². The van der Waals surface area contributed by atoms with Crippen LogP contribution in [0.25, 0.3) is 0 Å². The molecule has 0 spiro atoms. The van der Waals surface area contributed by atoms with Gasteiger partial charge in [-0.2, -0.15) is 0 Å². The standard InChI is InChI=1S/C18H18N4O3S3/c1-9-10(2)28-17(15(9)16(19)25)21-13(23)6-11-8-27-18(20-11)22-14(24)7-12-4-3-5-26-12/h3-5,8H,6-7H2,1-2H3,(H2,19,25)(H,21,23)(H,20,22,24). The number of aromatic nitrogens is 1. The van der Waals surface area contributed by atoms with E-state index in [9.17, 15) is 14.4 Å². The summed E-state index contributed by atoms with van der Waals surface area (Å²) in [7, 11) is 0. The summed E-state index contributed by atoms with van der Waals surface area (Å²) >= 11 is 4.10. The summed E-state index contributed by atoms with van der Waals surface area (Å²) in [5.74, 6) is -1.02. The quantitative estimate of drug-likeness (QED) is 0.529. The fourth-order valence-electron chi connectivity index (χ4n) is 2.53. The highest BCUT2D eigenvalue weighted by Gasteiger charge is 2.19. The Morgan fingerprint density at radius 3 is 2.54 bits per heavy atom. The Bertz CT molecular complexity index is 1020. The number of anilines is 2. The second-order valence-corrected chi connectivity index (χ2v) is 9.14. The second kappa shape index (κ2) is 8.63. The maximum atomic E-state index is 12.3. The molecule has 3 heterocycles. The summed E-state index contributed by atoms with van der Waals surface area (Å²) in [5.41, 5.74) is 7.08. The third-order valence-electron chi connectivity index (χ3n) is 3.94. The lowest BCUT2D eigenvalue weighted by Crippen LogP contribution is -2.19. The first kappa shape index (κ1) is 20.2. The van der Waals surface area contributed by atoms with Gasteiger partial charge in [-0.15, -0.1) is 34.0 Å².